The second-order valence-corrected chi connectivity index (χ2v) is 12.6. The van der Waals surface area contributed by atoms with Crippen molar-refractivity contribution < 1.29 is 5.33 Å². The number of aryl methyl sites for hydroxylation is 3. The molecule has 0 saturated carbocycles. The Balaban J connectivity index is 1.98. The summed E-state index contributed by atoms with van der Waals surface area (Å²) in [7, 11) is 0. The van der Waals surface area contributed by atoms with Crippen LogP contribution in [0.4, 0.5) is 11.0 Å². The molecule has 3 aromatic carbocycles. The van der Waals surface area contributed by atoms with Crippen molar-refractivity contribution in [2.24, 2.45) is 0 Å². The minimum atomic E-state index is -4.96. The molecule has 3 nitrogen and oxygen atoms in total. The zero-order chi connectivity index (χ0) is 23.9. The summed E-state index contributed by atoms with van der Waals surface area (Å²) in [6.45, 7) is 11.7. The number of hydrogen-bond acceptors (Lipinski definition) is 3. The Labute approximate surface area is 204 Å². The van der Waals surface area contributed by atoms with Crippen LogP contribution in [0, 0.1) is 20.8 Å². The molecular weight excluding hydrogens is 519 g/mol. The number of anilines is 1. The van der Waals surface area contributed by atoms with E-state index in [2.05, 4.69) is 37.9 Å². The fourth-order valence-electron chi connectivity index (χ4n) is 4.58. The topological polar surface area (TPSA) is 29.0 Å². The van der Waals surface area contributed by atoms with Gasteiger partial charge in [0.15, 0.2) is 0 Å². The Kier molecular flexibility index (Phi) is 6.50. The molecule has 168 valence electrons. The number of fused-ring (bicyclic) bond motifs is 1. The van der Waals surface area contributed by atoms with Crippen LogP contribution in [0.1, 0.15) is 37.5 Å². The standard InChI is InChI=1S/C27H28N3.2FH.In/c1-17-13-18(2)25(19(3)14-17)23-11-12-28-26(29-23)22-15-20-9-7-8-10-21(20)16-24(22)30-27(4,5)6;;;/h7-16H,1-6H3;2*1H;/q-1;;;+3/p-2. The van der Waals surface area contributed by atoms with Gasteiger partial charge in [-0.25, -0.2) is 0 Å². The number of halogens is 2. The van der Waals surface area contributed by atoms with Gasteiger partial charge >= 0.3 is 205 Å². The first kappa shape index (κ1) is 23.7. The van der Waals surface area contributed by atoms with E-state index in [1.807, 2.05) is 63.2 Å². The van der Waals surface area contributed by atoms with Gasteiger partial charge in [0.25, 0.3) is 0 Å². The first-order chi connectivity index (χ1) is 15.6. The van der Waals surface area contributed by atoms with Crippen LogP contribution in [0.15, 0.2) is 60.8 Å². The Morgan fingerprint density at radius 3 is 2.03 bits per heavy atom. The minimum absolute atomic E-state index is 0.466. The molecule has 4 aromatic rings. The van der Waals surface area contributed by atoms with Gasteiger partial charge in [0.05, 0.1) is 0 Å². The summed E-state index contributed by atoms with van der Waals surface area (Å²) in [6, 6.07) is 17.8. The van der Waals surface area contributed by atoms with Crippen LogP contribution in [0.3, 0.4) is 0 Å². The molecule has 0 unspecified atom stereocenters. The second-order valence-electron chi connectivity index (χ2n) is 9.57. The predicted octanol–water partition coefficient (Wildman–Crippen LogP) is 7.42. The molecule has 33 heavy (non-hydrogen) atoms. The molecule has 0 spiro atoms. The van der Waals surface area contributed by atoms with E-state index >= 15 is 0 Å². The fraction of sp³-hybridized carbons (Fsp3) is 0.259. The van der Waals surface area contributed by atoms with Gasteiger partial charge in [0.1, 0.15) is 0 Å². The first-order valence-corrected chi connectivity index (χ1v) is 15.0. The summed E-state index contributed by atoms with van der Waals surface area (Å²) >= 11 is -4.96. The van der Waals surface area contributed by atoms with Gasteiger partial charge in [0, 0.05) is 0 Å². The van der Waals surface area contributed by atoms with Gasteiger partial charge in [-0.1, -0.05) is 0 Å². The summed E-state index contributed by atoms with van der Waals surface area (Å²) in [5, 5.41) is 1.91. The van der Waals surface area contributed by atoms with Gasteiger partial charge < -0.3 is 0 Å². The van der Waals surface area contributed by atoms with E-state index in [0.717, 1.165) is 33.2 Å². The van der Waals surface area contributed by atoms with Gasteiger partial charge in [0.2, 0.25) is 0 Å². The van der Waals surface area contributed by atoms with Crippen molar-refractivity contribution in [2.75, 3.05) is 2.89 Å². The third-order valence-electron chi connectivity index (χ3n) is 5.87. The van der Waals surface area contributed by atoms with Crippen molar-refractivity contribution in [2.45, 2.75) is 47.1 Å². The monoisotopic (exact) mass is 547 g/mol. The summed E-state index contributed by atoms with van der Waals surface area (Å²) in [5.41, 5.74) is 5.79. The molecule has 1 aromatic heterocycles. The fourth-order valence-corrected chi connectivity index (χ4v) is 7.46. The quantitative estimate of drug-likeness (QED) is 0.266. The molecule has 0 aliphatic heterocycles. The molecule has 0 fully saturated rings. The van der Waals surface area contributed by atoms with E-state index in [9.17, 15) is 5.33 Å². The van der Waals surface area contributed by atoms with Gasteiger partial charge in [-0.15, -0.1) is 0 Å². The molecule has 0 N–H and O–H groups in total. The van der Waals surface area contributed by atoms with Crippen molar-refractivity contribution in [3.63, 3.8) is 0 Å². The van der Waals surface area contributed by atoms with Crippen molar-refractivity contribution >= 4 is 39.4 Å². The van der Waals surface area contributed by atoms with Gasteiger partial charge in [-0.3, -0.25) is 0 Å². The summed E-state index contributed by atoms with van der Waals surface area (Å²) in [5.74, 6) is 0.466. The molecule has 0 aliphatic rings. The number of hydrogen-bond donors (Lipinski definition) is 0. The maximum atomic E-state index is 14.6. The Morgan fingerprint density at radius 1 is 0.848 bits per heavy atom. The third kappa shape index (κ3) is 4.77. The van der Waals surface area contributed by atoms with Crippen LogP contribution in [0.2, 0.25) is 0 Å². The van der Waals surface area contributed by atoms with Crippen molar-refractivity contribution in [3.8, 4) is 22.6 Å². The van der Waals surface area contributed by atoms with E-state index in [-0.39, 0.29) is 0 Å². The second kappa shape index (κ2) is 9.05. The molecule has 0 amide bonds. The molecule has 1 heterocycles. The van der Waals surface area contributed by atoms with E-state index in [4.69, 9.17) is 4.98 Å². The molecule has 0 bridgehead atoms. The molecule has 4 rings (SSSR count). The third-order valence-corrected chi connectivity index (χ3v) is 9.99. The summed E-state index contributed by atoms with van der Waals surface area (Å²) in [4.78, 5) is 9.44. The Hall–Kier alpha value is -2.47. The zero-order valence-electron chi connectivity index (χ0n) is 19.9. The van der Waals surface area contributed by atoms with Gasteiger partial charge in [-0.2, -0.15) is 0 Å². The Bertz CT molecular complexity index is 1310. The van der Waals surface area contributed by atoms with E-state index in [1.165, 1.54) is 8.45 Å². The molecule has 0 radical (unpaired) electrons. The average Bonchev–Trinajstić information content (AvgIpc) is 2.71. The molecule has 6 heteroatoms. The molecular formula is C27H28F2InN3. The number of rotatable bonds is 4. The maximum absolute atomic E-state index is 14.6. The van der Waals surface area contributed by atoms with Gasteiger partial charge in [-0.05, 0) is 0 Å². The van der Waals surface area contributed by atoms with E-state index in [0.29, 0.717) is 17.1 Å². The van der Waals surface area contributed by atoms with Crippen LogP contribution in [-0.2, 0) is 0 Å². The summed E-state index contributed by atoms with van der Waals surface area (Å²) in [6.07, 6.45) is 1.72. The normalized spacial score (nSPS) is 11.6. The van der Waals surface area contributed by atoms with E-state index in [1.54, 1.807) is 6.20 Å². The summed E-state index contributed by atoms with van der Waals surface area (Å²) < 4.78 is 30.5. The van der Waals surface area contributed by atoms with Crippen molar-refractivity contribution in [1.29, 1.82) is 0 Å². The number of aromatic nitrogens is 2. The van der Waals surface area contributed by atoms with Crippen LogP contribution in [0.25, 0.3) is 33.4 Å². The number of nitrogens with zero attached hydrogens (tertiary/aromatic N) is 3. The van der Waals surface area contributed by atoms with E-state index < -0.39 is 28.5 Å². The molecule has 0 atom stereocenters. The van der Waals surface area contributed by atoms with Crippen molar-refractivity contribution in [3.05, 3.63) is 77.5 Å². The van der Waals surface area contributed by atoms with Crippen LogP contribution < -0.4 is 2.89 Å². The predicted molar refractivity (Wildman–Crippen MR) is 135 cm³/mol. The Morgan fingerprint density at radius 2 is 1.45 bits per heavy atom. The average molecular weight is 547 g/mol. The van der Waals surface area contributed by atoms with Crippen LogP contribution in [-0.4, -0.2) is 38.4 Å². The molecule has 0 saturated heterocycles. The van der Waals surface area contributed by atoms with Crippen molar-refractivity contribution in [1.82, 2.24) is 9.97 Å². The van der Waals surface area contributed by atoms with Crippen LogP contribution in [0.5, 0.6) is 0 Å². The molecule has 0 aliphatic carbocycles. The SMILES string of the molecule is Cc1cc(C)c(-c2ccnc(-c3cc4ccccc4cc3[N]([In]([F])[F])C(C)(C)C)n2)c(C)c1. The zero-order valence-corrected chi connectivity index (χ0v) is 23.2. The van der Waals surface area contributed by atoms with Crippen LogP contribution >= 0.6 is 0 Å². The first-order valence-electron chi connectivity index (χ1n) is 11.1. The number of benzene rings is 3.